The molecule has 1 saturated carbocycles. The molecule has 7 heteroatoms. The van der Waals surface area contributed by atoms with Gasteiger partial charge in [0.1, 0.15) is 10.6 Å². The molecule has 1 fully saturated rings. The van der Waals surface area contributed by atoms with Crippen molar-refractivity contribution in [1.29, 1.82) is 0 Å². The summed E-state index contributed by atoms with van der Waals surface area (Å²) in [5.41, 5.74) is 5.18. The van der Waals surface area contributed by atoms with Crippen molar-refractivity contribution in [2.75, 3.05) is 13.7 Å². The van der Waals surface area contributed by atoms with Crippen LogP contribution in [0, 0.1) is 13.8 Å². The fourth-order valence-electron chi connectivity index (χ4n) is 5.69. The number of thiophene rings is 1. The number of amides is 1. The monoisotopic (exact) mass is 561 g/mol. The minimum Gasteiger partial charge on any atom is -0.494 e. The number of carbonyl (C=O) groups excluding carboxylic acids is 1. The van der Waals surface area contributed by atoms with Crippen molar-refractivity contribution in [1.82, 2.24) is 15.2 Å². The zero-order valence-electron chi connectivity index (χ0n) is 23.1. The van der Waals surface area contributed by atoms with Crippen molar-refractivity contribution in [3.8, 4) is 16.9 Å². The summed E-state index contributed by atoms with van der Waals surface area (Å²) in [5, 5.41) is 4.90. The maximum Gasteiger partial charge on any atom is 0.266 e. The highest BCUT2D eigenvalue weighted by atomic mass is 35.5. The predicted octanol–water partition coefficient (Wildman–Crippen LogP) is 7.81. The minimum atomic E-state index is -0.00226. The van der Waals surface area contributed by atoms with Gasteiger partial charge in [0, 0.05) is 45.7 Å². The van der Waals surface area contributed by atoms with Crippen molar-refractivity contribution in [2.24, 2.45) is 0 Å². The number of hydrogen-bond acceptors (Lipinski definition) is 5. The average molecular weight is 562 g/mol. The van der Waals surface area contributed by atoms with Gasteiger partial charge >= 0.3 is 0 Å². The summed E-state index contributed by atoms with van der Waals surface area (Å²) < 4.78 is 7.10. The number of benzene rings is 2. The summed E-state index contributed by atoms with van der Waals surface area (Å²) >= 11 is 8.31. The number of aromatic nitrogens is 1. The van der Waals surface area contributed by atoms with Gasteiger partial charge in [-0.2, -0.15) is 0 Å². The Kier molecular flexibility index (Phi) is 8.55. The molecule has 1 aliphatic carbocycles. The van der Waals surface area contributed by atoms with E-state index in [9.17, 15) is 4.79 Å². The smallest absolute Gasteiger partial charge is 0.266 e. The fourth-order valence-corrected chi connectivity index (χ4v) is 7.16. The lowest BCUT2D eigenvalue weighted by atomic mass is 9.89. The Morgan fingerprint density at radius 2 is 1.77 bits per heavy atom. The molecular weight excluding hydrogens is 526 g/mol. The van der Waals surface area contributed by atoms with Gasteiger partial charge in [-0.3, -0.25) is 9.78 Å². The lowest BCUT2D eigenvalue weighted by Crippen LogP contribution is -2.44. The number of fused-ring (bicyclic) bond motifs is 1. The zero-order valence-corrected chi connectivity index (χ0v) is 24.7. The lowest BCUT2D eigenvalue weighted by molar-refractivity contribution is 0.0604. The third-order valence-electron chi connectivity index (χ3n) is 7.65. The minimum absolute atomic E-state index is 0.00226. The third kappa shape index (κ3) is 5.98. The fraction of sp³-hybridized carbons (Fsp3) is 0.375. The van der Waals surface area contributed by atoms with Gasteiger partial charge in [-0.15, -0.1) is 11.3 Å². The van der Waals surface area contributed by atoms with Crippen molar-refractivity contribution in [3.05, 3.63) is 81.4 Å². The van der Waals surface area contributed by atoms with E-state index in [1.165, 1.54) is 11.3 Å². The number of hydrogen-bond donors (Lipinski definition) is 1. The van der Waals surface area contributed by atoms with Crippen molar-refractivity contribution in [2.45, 2.75) is 65.1 Å². The van der Waals surface area contributed by atoms with Gasteiger partial charge in [-0.05, 0) is 95.0 Å². The van der Waals surface area contributed by atoms with Crippen LogP contribution in [-0.4, -0.2) is 41.5 Å². The second-order valence-corrected chi connectivity index (χ2v) is 11.8. The number of aryl methyl sites for hydroxylation is 2. The molecule has 2 aromatic carbocycles. The van der Waals surface area contributed by atoms with E-state index in [0.29, 0.717) is 29.1 Å². The molecule has 5 rings (SSSR count). The van der Waals surface area contributed by atoms with Crippen LogP contribution in [0.25, 0.3) is 21.2 Å². The first kappa shape index (κ1) is 27.6. The number of nitrogens with zero attached hydrogens (tertiary/aromatic N) is 2. The number of halogens is 1. The van der Waals surface area contributed by atoms with Gasteiger partial charge in [-0.1, -0.05) is 35.9 Å². The molecule has 0 saturated heterocycles. The maximum atomic E-state index is 14.3. The standard InChI is InChI=1S/C32H36ClN3O2S/c1-5-38-28-15-10-22(23-16-20(2)35-21(3)17-23)18-24(28)19-36(26-13-11-25(34-4)12-14-26)32(37)31-30(33)27-8-6-7-9-29(27)39-31/h6-10,15-18,25-26,34H,5,11-14,19H2,1-4H3/t25-,26-. The Hall–Kier alpha value is -2.93. The summed E-state index contributed by atoms with van der Waals surface area (Å²) in [6.07, 6.45) is 3.98. The molecule has 1 N–H and O–H groups in total. The summed E-state index contributed by atoms with van der Waals surface area (Å²) in [5.74, 6) is 0.811. The van der Waals surface area contributed by atoms with Crippen LogP contribution in [0.5, 0.6) is 5.75 Å². The third-order valence-corrected chi connectivity index (χ3v) is 9.31. The topological polar surface area (TPSA) is 54.5 Å². The molecule has 4 aromatic rings. The largest absolute Gasteiger partial charge is 0.494 e. The van der Waals surface area contributed by atoms with E-state index in [4.69, 9.17) is 16.3 Å². The number of nitrogens with one attached hydrogen (secondary N) is 1. The van der Waals surface area contributed by atoms with Crippen LogP contribution in [0.15, 0.2) is 54.6 Å². The van der Waals surface area contributed by atoms with E-state index in [1.807, 2.05) is 63.1 Å². The average Bonchev–Trinajstić information content (AvgIpc) is 3.28. The first-order valence-corrected chi connectivity index (χ1v) is 14.9. The Morgan fingerprint density at radius 3 is 2.44 bits per heavy atom. The molecule has 204 valence electrons. The van der Waals surface area contributed by atoms with E-state index in [0.717, 1.165) is 69.6 Å². The molecule has 0 radical (unpaired) electrons. The number of carbonyl (C=O) groups is 1. The Bertz CT molecular complexity index is 1460. The van der Waals surface area contributed by atoms with Gasteiger partial charge < -0.3 is 15.0 Å². The van der Waals surface area contributed by atoms with Gasteiger partial charge in [-0.25, -0.2) is 0 Å². The van der Waals surface area contributed by atoms with Crippen LogP contribution in [0.4, 0.5) is 0 Å². The van der Waals surface area contributed by atoms with Crippen LogP contribution in [-0.2, 0) is 6.54 Å². The second-order valence-electron chi connectivity index (χ2n) is 10.4. The molecule has 0 atom stereocenters. The molecule has 0 aliphatic heterocycles. The SMILES string of the molecule is CCOc1ccc(-c2cc(C)nc(C)c2)cc1CN(C(=O)c1sc2ccccc2c1Cl)[C@H]1CC[C@H](NC)CC1. The molecule has 0 bridgehead atoms. The van der Waals surface area contributed by atoms with E-state index in [-0.39, 0.29) is 11.9 Å². The van der Waals surface area contributed by atoms with Crippen LogP contribution in [0.2, 0.25) is 5.02 Å². The maximum absolute atomic E-state index is 14.3. The van der Waals surface area contributed by atoms with Crippen LogP contribution in [0.3, 0.4) is 0 Å². The normalized spacial score (nSPS) is 17.4. The van der Waals surface area contributed by atoms with Gasteiger partial charge in [0.2, 0.25) is 0 Å². The number of pyridine rings is 1. The van der Waals surface area contributed by atoms with Gasteiger partial charge in [0.15, 0.2) is 0 Å². The Labute approximate surface area is 240 Å². The Balaban J connectivity index is 1.55. The lowest BCUT2D eigenvalue weighted by Gasteiger charge is -2.37. The van der Waals surface area contributed by atoms with E-state index >= 15 is 0 Å². The molecule has 0 unspecified atom stereocenters. The summed E-state index contributed by atoms with van der Waals surface area (Å²) in [6.45, 7) is 7.05. The molecular formula is C32H36ClN3O2S. The first-order valence-electron chi connectivity index (χ1n) is 13.7. The van der Waals surface area contributed by atoms with Crippen molar-refractivity contribution >= 4 is 38.9 Å². The summed E-state index contributed by atoms with van der Waals surface area (Å²) in [6, 6.07) is 19.1. The Morgan fingerprint density at radius 1 is 1.05 bits per heavy atom. The van der Waals surface area contributed by atoms with Crippen LogP contribution in [0.1, 0.15) is 59.2 Å². The molecule has 5 nitrogen and oxygen atoms in total. The van der Waals surface area contributed by atoms with E-state index in [2.05, 4.69) is 34.6 Å². The first-order chi connectivity index (χ1) is 18.9. The van der Waals surface area contributed by atoms with E-state index < -0.39 is 0 Å². The molecule has 2 heterocycles. The predicted molar refractivity (Wildman–Crippen MR) is 162 cm³/mol. The van der Waals surface area contributed by atoms with Crippen molar-refractivity contribution < 1.29 is 9.53 Å². The highest BCUT2D eigenvalue weighted by Gasteiger charge is 2.32. The number of ether oxygens (including phenoxy) is 1. The molecule has 1 amide bonds. The van der Waals surface area contributed by atoms with Crippen molar-refractivity contribution in [3.63, 3.8) is 0 Å². The second kappa shape index (κ2) is 12.1. The molecule has 1 aliphatic rings. The van der Waals surface area contributed by atoms with Crippen LogP contribution < -0.4 is 10.1 Å². The van der Waals surface area contributed by atoms with E-state index in [1.54, 1.807) is 0 Å². The van der Waals surface area contributed by atoms with Gasteiger partial charge in [0.25, 0.3) is 5.91 Å². The summed E-state index contributed by atoms with van der Waals surface area (Å²) in [7, 11) is 2.02. The zero-order chi connectivity index (χ0) is 27.5. The molecule has 0 spiro atoms. The number of rotatable bonds is 8. The van der Waals surface area contributed by atoms with Crippen LogP contribution >= 0.6 is 22.9 Å². The summed E-state index contributed by atoms with van der Waals surface area (Å²) in [4.78, 5) is 21.5. The highest BCUT2D eigenvalue weighted by molar-refractivity contribution is 7.21. The molecule has 2 aromatic heterocycles. The molecule has 39 heavy (non-hydrogen) atoms. The highest BCUT2D eigenvalue weighted by Crippen LogP contribution is 2.38. The quantitative estimate of drug-likeness (QED) is 0.238. The van der Waals surface area contributed by atoms with Gasteiger partial charge in [0.05, 0.1) is 11.6 Å².